The van der Waals surface area contributed by atoms with Gasteiger partial charge in [-0.1, -0.05) is 32.4 Å². The van der Waals surface area contributed by atoms with Crippen molar-refractivity contribution in [2.45, 2.75) is 45.1 Å². The summed E-state index contributed by atoms with van der Waals surface area (Å²) in [4.78, 5) is 4.74. The number of nitrogens with zero attached hydrogens (tertiary/aromatic N) is 2. The normalized spacial score (nSPS) is 23.7. The Labute approximate surface area is 93.2 Å². The quantitative estimate of drug-likeness (QED) is 0.685. The molecular weight excluding hydrogens is 184 g/mol. The fourth-order valence-corrected chi connectivity index (χ4v) is 2.82. The van der Waals surface area contributed by atoms with Crippen LogP contribution in [0.1, 0.15) is 39.0 Å². The van der Waals surface area contributed by atoms with E-state index in [1.165, 1.54) is 37.9 Å². The third kappa shape index (κ3) is 2.04. The lowest BCUT2D eigenvalue weighted by Gasteiger charge is -2.34. The fourth-order valence-electron chi connectivity index (χ4n) is 2.82. The van der Waals surface area contributed by atoms with Gasteiger partial charge in [0.05, 0.1) is 0 Å². The molecule has 84 valence electrons. The summed E-state index contributed by atoms with van der Waals surface area (Å²) in [6, 6.07) is 0.746. The largest absolute Gasteiger partial charge is 0.354 e. The van der Waals surface area contributed by atoms with E-state index in [9.17, 15) is 0 Å². The van der Waals surface area contributed by atoms with Gasteiger partial charge in [0, 0.05) is 24.8 Å². The topological polar surface area (TPSA) is 6.48 Å². The van der Waals surface area contributed by atoms with Gasteiger partial charge >= 0.3 is 0 Å². The number of hydrogen-bond donors (Lipinski definition) is 0. The van der Waals surface area contributed by atoms with Crippen molar-refractivity contribution in [1.29, 1.82) is 0 Å². The van der Waals surface area contributed by atoms with Gasteiger partial charge in [-0.3, -0.25) is 0 Å². The minimum absolute atomic E-state index is 0.746. The van der Waals surface area contributed by atoms with E-state index in [0.29, 0.717) is 0 Å². The molecular formula is C13H22N2. The van der Waals surface area contributed by atoms with Crippen LogP contribution < -0.4 is 0 Å². The summed E-state index contributed by atoms with van der Waals surface area (Å²) in [5.74, 6) is 1.18. The maximum atomic E-state index is 4.20. The van der Waals surface area contributed by atoms with Crippen LogP contribution in [-0.2, 0) is 0 Å². The van der Waals surface area contributed by atoms with E-state index in [1.54, 1.807) is 0 Å². The van der Waals surface area contributed by atoms with Crippen molar-refractivity contribution in [3.05, 3.63) is 24.7 Å². The molecule has 2 aliphatic rings. The predicted molar refractivity (Wildman–Crippen MR) is 64.2 cm³/mol. The van der Waals surface area contributed by atoms with Gasteiger partial charge in [-0.15, -0.1) is 0 Å². The summed E-state index contributed by atoms with van der Waals surface area (Å²) >= 11 is 0. The van der Waals surface area contributed by atoms with Crippen molar-refractivity contribution >= 4 is 0 Å². The molecule has 15 heavy (non-hydrogen) atoms. The first-order valence-electron chi connectivity index (χ1n) is 6.09. The highest BCUT2D eigenvalue weighted by Crippen LogP contribution is 2.30. The van der Waals surface area contributed by atoms with Crippen LogP contribution in [0, 0.1) is 0 Å². The molecule has 0 amide bonds. The zero-order valence-corrected chi connectivity index (χ0v) is 9.84. The van der Waals surface area contributed by atoms with Crippen LogP contribution >= 0.6 is 0 Å². The van der Waals surface area contributed by atoms with E-state index in [-0.39, 0.29) is 0 Å². The van der Waals surface area contributed by atoms with Crippen LogP contribution in [0.25, 0.3) is 0 Å². The summed E-state index contributed by atoms with van der Waals surface area (Å²) in [5.41, 5.74) is 1.12. The van der Waals surface area contributed by atoms with E-state index in [0.717, 1.165) is 24.8 Å². The van der Waals surface area contributed by atoms with Crippen molar-refractivity contribution in [1.82, 2.24) is 9.80 Å². The molecule has 0 spiro atoms. The van der Waals surface area contributed by atoms with Gasteiger partial charge in [0.25, 0.3) is 0 Å². The van der Waals surface area contributed by atoms with Gasteiger partial charge < -0.3 is 9.80 Å². The van der Waals surface area contributed by atoms with Gasteiger partial charge in [-0.05, 0) is 19.8 Å². The number of hydrogen-bond acceptors (Lipinski definition) is 2. The summed E-state index contributed by atoms with van der Waals surface area (Å²) < 4.78 is 0. The second-order valence-corrected chi connectivity index (χ2v) is 4.79. The molecule has 1 saturated carbocycles. The third-order valence-corrected chi connectivity index (χ3v) is 3.68. The molecule has 0 aromatic rings. The molecule has 1 aliphatic carbocycles. The molecule has 1 heterocycles. The van der Waals surface area contributed by atoms with Crippen LogP contribution in [0.15, 0.2) is 24.7 Å². The summed E-state index contributed by atoms with van der Waals surface area (Å²) in [7, 11) is 0. The van der Waals surface area contributed by atoms with Crippen LogP contribution in [0.3, 0.4) is 0 Å². The molecule has 0 bridgehead atoms. The van der Waals surface area contributed by atoms with Gasteiger partial charge in [0.1, 0.15) is 5.82 Å². The lowest BCUT2D eigenvalue weighted by Crippen LogP contribution is -2.34. The Kier molecular flexibility index (Phi) is 3.03. The molecule has 0 N–H and O–H groups in total. The molecule has 2 fully saturated rings. The molecule has 1 aliphatic heterocycles. The minimum atomic E-state index is 0.746. The monoisotopic (exact) mass is 206 g/mol. The average Bonchev–Trinajstić information content (AvgIpc) is 2.61. The van der Waals surface area contributed by atoms with Gasteiger partial charge in [-0.25, -0.2) is 0 Å². The fraction of sp³-hybridized carbons (Fsp3) is 0.692. The van der Waals surface area contributed by atoms with Crippen molar-refractivity contribution < 1.29 is 0 Å². The molecule has 2 heteroatoms. The van der Waals surface area contributed by atoms with Gasteiger partial charge in [0.2, 0.25) is 0 Å². The third-order valence-electron chi connectivity index (χ3n) is 3.68. The summed E-state index contributed by atoms with van der Waals surface area (Å²) in [6.45, 7) is 12.5. The number of rotatable bonds is 2. The average molecular weight is 206 g/mol. The van der Waals surface area contributed by atoms with E-state index < -0.39 is 0 Å². The zero-order chi connectivity index (χ0) is 10.8. The summed E-state index contributed by atoms with van der Waals surface area (Å²) in [5, 5.41) is 0. The molecule has 2 nitrogen and oxygen atoms in total. The van der Waals surface area contributed by atoms with Gasteiger partial charge in [-0.2, -0.15) is 0 Å². The van der Waals surface area contributed by atoms with Crippen molar-refractivity contribution in [3.63, 3.8) is 0 Å². The highest BCUT2D eigenvalue weighted by Gasteiger charge is 2.29. The Morgan fingerprint density at radius 2 is 1.87 bits per heavy atom. The molecule has 0 radical (unpaired) electrons. The second-order valence-electron chi connectivity index (χ2n) is 4.79. The van der Waals surface area contributed by atoms with Crippen LogP contribution in [0.5, 0.6) is 0 Å². The zero-order valence-electron chi connectivity index (χ0n) is 9.84. The van der Waals surface area contributed by atoms with Crippen molar-refractivity contribution in [2.24, 2.45) is 0 Å². The molecule has 2 rings (SSSR count). The molecule has 0 aromatic heterocycles. The SMILES string of the molecule is C=C(C)N1CCN(C2CCCCC2)C1=C. The molecule has 1 saturated heterocycles. The van der Waals surface area contributed by atoms with Crippen LogP contribution in [0.2, 0.25) is 0 Å². The minimum Gasteiger partial charge on any atom is -0.354 e. The number of allylic oxidation sites excluding steroid dienone is 1. The van der Waals surface area contributed by atoms with E-state index in [4.69, 9.17) is 0 Å². The van der Waals surface area contributed by atoms with E-state index >= 15 is 0 Å². The lowest BCUT2D eigenvalue weighted by molar-refractivity contribution is 0.217. The Morgan fingerprint density at radius 3 is 2.40 bits per heavy atom. The summed E-state index contributed by atoms with van der Waals surface area (Å²) in [6.07, 6.45) is 6.90. The smallest absolute Gasteiger partial charge is 0.101 e. The predicted octanol–water partition coefficient (Wildman–Crippen LogP) is 2.94. The van der Waals surface area contributed by atoms with E-state index in [1.807, 2.05) is 0 Å². The molecule has 0 aromatic carbocycles. The van der Waals surface area contributed by atoms with E-state index in [2.05, 4.69) is 29.9 Å². The Morgan fingerprint density at radius 1 is 1.20 bits per heavy atom. The first-order valence-corrected chi connectivity index (χ1v) is 6.09. The first-order chi connectivity index (χ1) is 7.20. The maximum Gasteiger partial charge on any atom is 0.101 e. The highest BCUT2D eigenvalue weighted by molar-refractivity contribution is 5.11. The maximum absolute atomic E-state index is 4.20. The van der Waals surface area contributed by atoms with Crippen molar-refractivity contribution in [3.8, 4) is 0 Å². The Bertz CT molecular complexity index is 264. The first kappa shape index (κ1) is 10.6. The molecule has 0 unspecified atom stereocenters. The Balaban J connectivity index is 1.99. The van der Waals surface area contributed by atoms with Crippen molar-refractivity contribution in [2.75, 3.05) is 13.1 Å². The highest BCUT2D eigenvalue weighted by atomic mass is 15.4. The van der Waals surface area contributed by atoms with Crippen LogP contribution in [-0.4, -0.2) is 28.9 Å². The standard InChI is InChI=1S/C13H22N2/c1-11(2)14-9-10-15(12(14)3)13-7-5-4-6-8-13/h13H,1,3-10H2,2H3. The van der Waals surface area contributed by atoms with Crippen LogP contribution in [0.4, 0.5) is 0 Å². The molecule has 0 atom stereocenters. The van der Waals surface area contributed by atoms with Gasteiger partial charge in [0.15, 0.2) is 0 Å². The Hall–Kier alpha value is -0.920. The second kappa shape index (κ2) is 4.30. The lowest BCUT2D eigenvalue weighted by atomic mass is 9.94.